The largest absolute Gasteiger partial charge is 0.493 e. The molecule has 0 radical (unpaired) electrons. The molecule has 2 N–H and O–H groups in total. The summed E-state index contributed by atoms with van der Waals surface area (Å²) in [7, 11) is 6.51. The third-order valence-corrected chi connectivity index (χ3v) is 5.30. The second-order valence-corrected chi connectivity index (χ2v) is 7.44. The summed E-state index contributed by atoms with van der Waals surface area (Å²) in [5, 5.41) is 11.4. The van der Waals surface area contributed by atoms with Gasteiger partial charge in [0.2, 0.25) is 5.75 Å². The fourth-order valence-electron chi connectivity index (χ4n) is 3.83. The molecule has 1 aliphatic rings. The van der Waals surface area contributed by atoms with Crippen molar-refractivity contribution in [3.05, 3.63) is 29.3 Å². The van der Waals surface area contributed by atoms with E-state index in [4.69, 9.17) is 23.9 Å². The molecule has 0 saturated carbocycles. The average Bonchev–Trinajstić information content (AvgIpc) is 3.20. The lowest BCUT2D eigenvalue weighted by atomic mass is 10.1. The van der Waals surface area contributed by atoms with Crippen LogP contribution in [0.3, 0.4) is 0 Å². The molecule has 11 heteroatoms. The Morgan fingerprint density at radius 2 is 1.94 bits per heavy atom. The molecule has 1 aromatic carbocycles. The molecule has 1 aliphatic heterocycles. The molecular formula is C22H35IN6O4. The van der Waals surface area contributed by atoms with Gasteiger partial charge in [-0.15, -0.1) is 24.0 Å². The fourth-order valence-corrected chi connectivity index (χ4v) is 3.83. The van der Waals surface area contributed by atoms with Crippen molar-refractivity contribution in [2.24, 2.45) is 4.99 Å². The molecule has 0 bridgehead atoms. The molecule has 10 nitrogen and oxygen atoms in total. The van der Waals surface area contributed by atoms with Crippen molar-refractivity contribution < 1.29 is 18.9 Å². The predicted octanol–water partition coefficient (Wildman–Crippen LogP) is 2.18. The molecule has 2 heterocycles. The van der Waals surface area contributed by atoms with Gasteiger partial charge in [0, 0.05) is 38.2 Å². The number of benzene rings is 1. The third kappa shape index (κ3) is 6.85. The first-order valence-electron chi connectivity index (χ1n) is 10.9. The van der Waals surface area contributed by atoms with Gasteiger partial charge in [-0.05, 0) is 25.8 Å². The standard InChI is InChI=1S/C22H34N6O4.HI/c1-6-23-22(25-16-8-10-19-26-18(14-29-2)27-28(19)13-16)24-12-11-15-7-9-17(30-3)21(32-5)20(15)31-4;/h7,9,16H,6,8,10-14H2,1-5H3,(H2,23,24,25);1H. The van der Waals surface area contributed by atoms with E-state index >= 15 is 0 Å². The number of aryl methyl sites for hydroxylation is 1. The number of rotatable bonds is 10. The minimum absolute atomic E-state index is 0. The highest BCUT2D eigenvalue weighted by Gasteiger charge is 2.22. The van der Waals surface area contributed by atoms with E-state index in [1.54, 1.807) is 28.4 Å². The topological polar surface area (TPSA) is 104 Å². The van der Waals surface area contributed by atoms with Gasteiger partial charge in [0.25, 0.3) is 0 Å². The molecule has 1 unspecified atom stereocenters. The van der Waals surface area contributed by atoms with Crippen molar-refractivity contribution in [2.75, 3.05) is 41.5 Å². The molecule has 2 aromatic rings. The van der Waals surface area contributed by atoms with Crippen LogP contribution in [0.4, 0.5) is 0 Å². The molecule has 0 amide bonds. The Morgan fingerprint density at radius 3 is 2.61 bits per heavy atom. The molecule has 33 heavy (non-hydrogen) atoms. The van der Waals surface area contributed by atoms with Crippen molar-refractivity contribution in [1.82, 2.24) is 25.4 Å². The number of fused-ring (bicyclic) bond motifs is 1. The zero-order valence-electron chi connectivity index (χ0n) is 20.0. The van der Waals surface area contributed by atoms with E-state index < -0.39 is 0 Å². The number of ether oxygens (including phenoxy) is 4. The van der Waals surface area contributed by atoms with Crippen LogP contribution in [0.5, 0.6) is 17.2 Å². The first-order valence-corrected chi connectivity index (χ1v) is 10.9. The second kappa shape index (κ2) is 13.4. The molecule has 0 fully saturated rings. The smallest absolute Gasteiger partial charge is 0.203 e. The van der Waals surface area contributed by atoms with E-state index in [0.717, 1.165) is 49.1 Å². The summed E-state index contributed by atoms with van der Waals surface area (Å²) in [6, 6.07) is 4.11. The Kier molecular flexibility index (Phi) is 11.0. The van der Waals surface area contributed by atoms with Crippen LogP contribution >= 0.6 is 24.0 Å². The number of nitrogens with one attached hydrogen (secondary N) is 2. The predicted molar refractivity (Wildman–Crippen MR) is 137 cm³/mol. The second-order valence-electron chi connectivity index (χ2n) is 7.44. The highest BCUT2D eigenvalue weighted by molar-refractivity contribution is 14.0. The number of methoxy groups -OCH3 is 4. The Morgan fingerprint density at radius 1 is 1.15 bits per heavy atom. The quantitative estimate of drug-likeness (QED) is 0.253. The van der Waals surface area contributed by atoms with Gasteiger partial charge < -0.3 is 29.6 Å². The highest BCUT2D eigenvalue weighted by atomic mass is 127. The van der Waals surface area contributed by atoms with Crippen LogP contribution in [0.2, 0.25) is 0 Å². The Hall–Kier alpha value is -2.28. The van der Waals surface area contributed by atoms with E-state index in [1.165, 1.54) is 0 Å². The zero-order valence-corrected chi connectivity index (χ0v) is 22.3. The molecule has 1 atom stereocenters. The maximum Gasteiger partial charge on any atom is 0.203 e. The van der Waals surface area contributed by atoms with Crippen molar-refractivity contribution in [1.29, 1.82) is 0 Å². The lowest BCUT2D eigenvalue weighted by Gasteiger charge is -2.25. The number of hydrogen-bond acceptors (Lipinski definition) is 7. The zero-order chi connectivity index (χ0) is 22.9. The van der Waals surface area contributed by atoms with E-state index in [0.29, 0.717) is 36.8 Å². The van der Waals surface area contributed by atoms with Gasteiger partial charge in [-0.2, -0.15) is 5.10 Å². The van der Waals surface area contributed by atoms with Gasteiger partial charge in [-0.3, -0.25) is 4.99 Å². The number of hydrogen-bond donors (Lipinski definition) is 2. The first-order chi connectivity index (χ1) is 15.6. The van der Waals surface area contributed by atoms with Crippen LogP contribution in [0.15, 0.2) is 17.1 Å². The normalized spacial score (nSPS) is 15.3. The lowest BCUT2D eigenvalue weighted by molar-refractivity contribution is 0.177. The fraction of sp³-hybridized carbons (Fsp3) is 0.591. The lowest BCUT2D eigenvalue weighted by Crippen LogP contribution is -2.47. The van der Waals surface area contributed by atoms with Gasteiger partial charge in [-0.1, -0.05) is 6.07 Å². The summed E-state index contributed by atoms with van der Waals surface area (Å²) < 4.78 is 23.5. The highest BCUT2D eigenvalue weighted by Crippen LogP contribution is 2.39. The minimum Gasteiger partial charge on any atom is -0.493 e. The van der Waals surface area contributed by atoms with E-state index in [9.17, 15) is 0 Å². The van der Waals surface area contributed by atoms with Gasteiger partial charge in [0.1, 0.15) is 12.4 Å². The monoisotopic (exact) mass is 574 g/mol. The SMILES string of the molecule is CCNC(=NCCc1ccc(OC)c(OC)c1OC)NC1CCc2nc(COC)nn2C1.I. The maximum absolute atomic E-state index is 5.58. The van der Waals surface area contributed by atoms with Crippen molar-refractivity contribution in [2.45, 2.75) is 45.4 Å². The first kappa shape index (κ1) is 27.0. The van der Waals surface area contributed by atoms with Crippen LogP contribution in [0.25, 0.3) is 0 Å². The Labute approximate surface area is 212 Å². The molecule has 3 rings (SSSR count). The summed E-state index contributed by atoms with van der Waals surface area (Å²) in [6.45, 7) is 4.62. The molecule has 0 saturated heterocycles. The Balaban J connectivity index is 0.00000385. The van der Waals surface area contributed by atoms with Gasteiger partial charge in [0.15, 0.2) is 23.3 Å². The van der Waals surface area contributed by atoms with Gasteiger partial charge >= 0.3 is 0 Å². The molecule has 0 aliphatic carbocycles. The molecule has 0 spiro atoms. The summed E-state index contributed by atoms with van der Waals surface area (Å²) in [5.41, 5.74) is 1.01. The van der Waals surface area contributed by atoms with E-state index in [1.807, 2.05) is 16.8 Å². The summed E-state index contributed by atoms with van der Waals surface area (Å²) >= 11 is 0. The summed E-state index contributed by atoms with van der Waals surface area (Å²) in [4.78, 5) is 9.31. The average molecular weight is 574 g/mol. The van der Waals surface area contributed by atoms with E-state index in [2.05, 4.69) is 27.6 Å². The summed E-state index contributed by atoms with van der Waals surface area (Å²) in [5.74, 6) is 4.45. The van der Waals surface area contributed by atoms with Crippen LogP contribution in [0, 0.1) is 0 Å². The third-order valence-electron chi connectivity index (χ3n) is 5.30. The van der Waals surface area contributed by atoms with Crippen LogP contribution in [-0.2, 0) is 30.7 Å². The number of halogens is 1. The van der Waals surface area contributed by atoms with Crippen LogP contribution < -0.4 is 24.8 Å². The number of nitrogens with zero attached hydrogens (tertiary/aromatic N) is 4. The van der Waals surface area contributed by atoms with Crippen LogP contribution in [-0.4, -0.2) is 68.3 Å². The summed E-state index contributed by atoms with van der Waals surface area (Å²) in [6.07, 6.45) is 2.55. The van der Waals surface area contributed by atoms with Gasteiger partial charge in [0.05, 0.1) is 27.9 Å². The van der Waals surface area contributed by atoms with Crippen LogP contribution in [0.1, 0.15) is 30.6 Å². The number of aromatic nitrogens is 3. The van der Waals surface area contributed by atoms with Crippen molar-refractivity contribution in [3.8, 4) is 17.2 Å². The molecule has 1 aromatic heterocycles. The van der Waals surface area contributed by atoms with Crippen molar-refractivity contribution in [3.63, 3.8) is 0 Å². The number of aliphatic imine (C=N–C) groups is 1. The van der Waals surface area contributed by atoms with E-state index in [-0.39, 0.29) is 30.0 Å². The number of guanidine groups is 1. The molecular weight excluding hydrogens is 539 g/mol. The Bertz CT molecular complexity index is 921. The van der Waals surface area contributed by atoms with Crippen molar-refractivity contribution >= 4 is 29.9 Å². The van der Waals surface area contributed by atoms with Gasteiger partial charge in [-0.25, -0.2) is 9.67 Å². The molecule has 184 valence electrons. The maximum atomic E-state index is 5.58. The minimum atomic E-state index is 0.